The van der Waals surface area contributed by atoms with Crippen molar-refractivity contribution in [3.8, 4) is 0 Å². The Kier molecular flexibility index (Phi) is 8.54. The first-order valence-corrected chi connectivity index (χ1v) is 11.3. The van der Waals surface area contributed by atoms with Gasteiger partial charge in [-0.25, -0.2) is 9.97 Å². The van der Waals surface area contributed by atoms with Crippen LogP contribution in [-0.2, 0) is 6.42 Å². The maximum Gasteiger partial charge on any atom is 0.149 e. The smallest absolute Gasteiger partial charge is 0.149 e. The lowest BCUT2D eigenvalue weighted by molar-refractivity contribution is 0.383. The van der Waals surface area contributed by atoms with Crippen molar-refractivity contribution >= 4 is 29.7 Å². The van der Waals surface area contributed by atoms with Crippen LogP contribution in [0.15, 0.2) is 52.5 Å². The lowest BCUT2D eigenvalue weighted by Gasteiger charge is -2.32. The highest BCUT2D eigenvalue weighted by Crippen LogP contribution is 2.34. The first-order chi connectivity index (χ1) is 14.1. The molecule has 0 saturated heterocycles. The Bertz CT molecular complexity index is 898. The zero-order chi connectivity index (χ0) is 22.3. The maximum absolute atomic E-state index is 4.88. The number of allylic oxidation sites excluding steroid dienone is 8. The van der Waals surface area contributed by atoms with Gasteiger partial charge < -0.3 is 10.0 Å². The average molecular weight is 425 g/mol. The topological polar surface area (TPSA) is 49.8 Å². The third-order valence-electron chi connectivity index (χ3n) is 4.87. The van der Waals surface area contributed by atoms with Crippen LogP contribution in [0.25, 0.3) is 6.08 Å². The van der Waals surface area contributed by atoms with Crippen LogP contribution in [0.1, 0.15) is 66.8 Å². The van der Waals surface area contributed by atoms with E-state index in [0.717, 1.165) is 29.4 Å². The molecule has 30 heavy (non-hydrogen) atoms. The number of hydrogen-bond donors (Lipinski definition) is 2. The van der Waals surface area contributed by atoms with Crippen molar-refractivity contribution in [1.29, 1.82) is 0 Å². The summed E-state index contributed by atoms with van der Waals surface area (Å²) in [6.07, 6.45) is 15.5. The monoisotopic (exact) mass is 424 g/mol. The molecule has 1 unspecified atom stereocenters. The van der Waals surface area contributed by atoms with E-state index in [0.29, 0.717) is 0 Å². The summed E-state index contributed by atoms with van der Waals surface area (Å²) in [7, 11) is 0. The molecule has 0 aromatic carbocycles. The first-order valence-electron chi connectivity index (χ1n) is 10.5. The summed E-state index contributed by atoms with van der Waals surface area (Å²) in [4.78, 5) is 10.9. The summed E-state index contributed by atoms with van der Waals surface area (Å²) in [5.74, 6) is 2.57. The summed E-state index contributed by atoms with van der Waals surface area (Å²) in [5.41, 5.74) is 3.61. The molecular weight excluding hydrogens is 388 g/mol. The van der Waals surface area contributed by atoms with Crippen LogP contribution in [0.2, 0.25) is 0 Å². The molecule has 1 aliphatic rings. The molecule has 0 aliphatic carbocycles. The molecule has 1 aliphatic heterocycles. The summed E-state index contributed by atoms with van der Waals surface area (Å²) in [6.45, 7) is 17.1. The normalized spacial score (nSPS) is 17.9. The highest BCUT2D eigenvalue weighted by Gasteiger charge is 2.27. The van der Waals surface area contributed by atoms with Gasteiger partial charge in [0.25, 0.3) is 0 Å². The number of aromatic nitrogens is 2. The second-order valence-electron chi connectivity index (χ2n) is 8.81. The molecular formula is C25H36N4S. The molecule has 0 fully saturated rings. The van der Waals surface area contributed by atoms with E-state index in [1.807, 2.05) is 19.1 Å². The lowest BCUT2D eigenvalue weighted by Crippen LogP contribution is -2.34. The number of anilines is 2. The minimum atomic E-state index is 0.103. The van der Waals surface area contributed by atoms with E-state index < -0.39 is 0 Å². The third kappa shape index (κ3) is 6.91. The van der Waals surface area contributed by atoms with Crippen LogP contribution in [0.4, 0.5) is 11.6 Å². The fourth-order valence-electron chi connectivity index (χ4n) is 3.00. The molecule has 1 atom stereocenters. The van der Waals surface area contributed by atoms with E-state index in [1.165, 1.54) is 16.1 Å². The van der Waals surface area contributed by atoms with Crippen LogP contribution in [0, 0.1) is 5.41 Å². The van der Waals surface area contributed by atoms with Crippen LogP contribution in [-0.4, -0.2) is 16.0 Å². The fraction of sp³-hybridized carbons (Fsp3) is 0.440. The molecule has 0 saturated carbocycles. The molecule has 0 radical (unpaired) electrons. The molecule has 1 aromatic rings. The SMILES string of the molecule is C/C=C\C=C(/C)SNc1nc(C/C(C)=C\C(C)=C/C)nc2c1C=CC(C(C)(C)C)N2. The Balaban J connectivity index is 2.38. The summed E-state index contributed by atoms with van der Waals surface area (Å²) >= 11 is 1.57. The Hall–Kier alpha value is -2.27. The molecule has 0 amide bonds. The Morgan fingerprint density at radius 3 is 2.57 bits per heavy atom. The van der Waals surface area contributed by atoms with Crippen molar-refractivity contribution in [2.75, 3.05) is 10.0 Å². The molecule has 162 valence electrons. The summed E-state index contributed by atoms with van der Waals surface area (Å²) in [5, 5.41) is 3.62. The quantitative estimate of drug-likeness (QED) is 0.354. The van der Waals surface area contributed by atoms with Gasteiger partial charge in [0.2, 0.25) is 0 Å². The van der Waals surface area contributed by atoms with Gasteiger partial charge in [-0.15, -0.1) is 0 Å². The van der Waals surface area contributed by atoms with Gasteiger partial charge in [-0.05, 0) is 58.1 Å². The van der Waals surface area contributed by atoms with E-state index in [-0.39, 0.29) is 11.5 Å². The van der Waals surface area contributed by atoms with Crippen molar-refractivity contribution in [2.24, 2.45) is 5.41 Å². The largest absolute Gasteiger partial charge is 0.363 e. The van der Waals surface area contributed by atoms with E-state index in [2.05, 4.69) is 88.9 Å². The molecule has 4 nitrogen and oxygen atoms in total. The highest BCUT2D eigenvalue weighted by atomic mass is 32.2. The Labute approximate surface area is 186 Å². The van der Waals surface area contributed by atoms with Gasteiger partial charge in [-0.3, -0.25) is 0 Å². The second kappa shape index (κ2) is 10.7. The lowest BCUT2D eigenvalue weighted by atomic mass is 9.85. The standard InChI is InChI=1S/C25H36N4S/c1-9-11-12-19(5)30-29-24-20-13-14-21(25(6,7)8)26-23(20)27-22(28-24)16-18(4)15-17(3)10-2/h9-15,21H,16H2,1-8H3,(H2,26,27,28,29)/b11-9-,17-10-,18-15-,19-12+. The number of nitrogens with one attached hydrogen (secondary N) is 2. The van der Waals surface area contributed by atoms with Gasteiger partial charge in [-0.2, -0.15) is 0 Å². The van der Waals surface area contributed by atoms with E-state index in [1.54, 1.807) is 11.9 Å². The van der Waals surface area contributed by atoms with E-state index >= 15 is 0 Å². The third-order valence-corrected chi connectivity index (χ3v) is 5.62. The van der Waals surface area contributed by atoms with Crippen LogP contribution in [0.3, 0.4) is 0 Å². The molecule has 0 spiro atoms. The number of nitrogens with zero attached hydrogens (tertiary/aromatic N) is 2. The zero-order valence-electron chi connectivity index (χ0n) is 19.6. The molecule has 1 aromatic heterocycles. The van der Waals surface area contributed by atoms with Crippen molar-refractivity contribution in [3.63, 3.8) is 0 Å². The van der Waals surface area contributed by atoms with E-state index in [9.17, 15) is 0 Å². The molecule has 2 rings (SSSR count). The maximum atomic E-state index is 4.88. The minimum absolute atomic E-state index is 0.103. The van der Waals surface area contributed by atoms with Crippen LogP contribution >= 0.6 is 11.9 Å². The van der Waals surface area contributed by atoms with Crippen molar-refractivity contribution in [1.82, 2.24) is 9.97 Å². The van der Waals surface area contributed by atoms with Crippen LogP contribution in [0.5, 0.6) is 0 Å². The van der Waals surface area contributed by atoms with Gasteiger partial charge in [-0.1, -0.05) is 68.4 Å². The van der Waals surface area contributed by atoms with Gasteiger partial charge in [0.05, 0.1) is 11.6 Å². The number of hydrogen-bond acceptors (Lipinski definition) is 5. The second-order valence-corrected chi connectivity index (χ2v) is 9.86. The van der Waals surface area contributed by atoms with E-state index in [4.69, 9.17) is 9.97 Å². The number of fused-ring (bicyclic) bond motifs is 1. The molecule has 5 heteroatoms. The summed E-state index contributed by atoms with van der Waals surface area (Å²) < 4.78 is 3.44. The molecule has 2 heterocycles. The minimum Gasteiger partial charge on any atom is -0.363 e. The average Bonchev–Trinajstić information content (AvgIpc) is 2.68. The predicted octanol–water partition coefficient (Wildman–Crippen LogP) is 7.33. The van der Waals surface area contributed by atoms with Crippen LogP contribution < -0.4 is 10.0 Å². The van der Waals surface area contributed by atoms with Crippen molar-refractivity contribution < 1.29 is 0 Å². The van der Waals surface area contributed by atoms with Gasteiger partial charge >= 0.3 is 0 Å². The van der Waals surface area contributed by atoms with Crippen molar-refractivity contribution in [2.45, 2.75) is 67.9 Å². The molecule has 2 N–H and O–H groups in total. The Morgan fingerprint density at radius 2 is 1.93 bits per heavy atom. The number of rotatable bonds is 7. The highest BCUT2D eigenvalue weighted by molar-refractivity contribution is 8.04. The Morgan fingerprint density at radius 1 is 1.20 bits per heavy atom. The zero-order valence-corrected chi connectivity index (χ0v) is 20.4. The van der Waals surface area contributed by atoms with Crippen molar-refractivity contribution in [3.05, 3.63) is 63.9 Å². The molecule has 0 bridgehead atoms. The first kappa shape index (κ1) is 24.0. The fourth-order valence-corrected chi connectivity index (χ4v) is 3.56. The summed E-state index contributed by atoms with van der Waals surface area (Å²) in [6, 6.07) is 0.228. The van der Waals surface area contributed by atoms with Gasteiger partial charge in [0.1, 0.15) is 17.5 Å². The predicted molar refractivity (Wildman–Crippen MR) is 135 cm³/mol. The van der Waals surface area contributed by atoms with Gasteiger partial charge in [0, 0.05) is 11.3 Å². The van der Waals surface area contributed by atoms with Gasteiger partial charge in [0.15, 0.2) is 0 Å².